The second-order valence-electron chi connectivity index (χ2n) is 4.95. The maximum absolute atomic E-state index is 10.8. The number of rotatable bonds is 1. The Morgan fingerprint density at radius 1 is 1.17 bits per heavy atom. The lowest BCUT2D eigenvalue weighted by atomic mass is 9.73. The van der Waals surface area contributed by atoms with Gasteiger partial charge in [-0.3, -0.25) is 4.79 Å². The van der Waals surface area contributed by atoms with E-state index in [1.54, 1.807) is 6.92 Å². The summed E-state index contributed by atoms with van der Waals surface area (Å²) in [5, 5.41) is 0. The summed E-state index contributed by atoms with van der Waals surface area (Å²) >= 11 is 0. The van der Waals surface area contributed by atoms with Crippen molar-refractivity contribution in [2.75, 3.05) is 0 Å². The van der Waals surface area contributed by atoms with E-state index in [1.807, 2.05) is 0 Å². The predicted molar refractivity (Wildman–Crippen MR) is 41.1 cm³/mol. The maximum atomic E-state index is 10.8. The Hall–Kier alpha value is -0.530. The molecule has 2 nitrogen and oxygen atoms in total. The molecule has 0 N–H and O–H groups in total. The first-order valence-electron chi connectivity index (χ1n) is 4.96. The fraction of sp³-hybridized carbons (Fsp3) is 0.900. The number of carbonyl (C=O) groups excluding carboxylic acids is 1. The zero-order valence-electron chi connectivity index (χ0n) is 7.07. The van der Waals surface area contributed by atoms with Crippen molar-refractivity contribution >= 4 is 5.97 Å². The van der Waals surface area contributed by atoms with Crippen LogP contribution in [0.5, 0.6) is 0 Å². The highest BCUT2D eigenvalue weighted by Crippen LogP contribution is 2.84. The van der Waals surface area contributed by atoms with Gasteiger partial charge in [-0.1, -0.05) is 0 Å². The molecular formula is C10H12O2. The van der Waals surface area contributed by atoms with E-state index in [1.165, 1.54) is 6.42 Å². The minimum Gasteiger partial charge on any atom is -0.462 e. The zero-order chi connectivity index (χ0) is 8.03. The van der Waals surface area contributed by atoms with Crippen LogP contribution < -0.4 is 0 Å². The number of esters is 1. The molecule has 0 aromatic heterocycles. The van der Waals surface area contributed by atoms with Gasteiger partial charge in [0.15, 0.2) is 0 Å². The van der Waals surface area contributed by atoms with Gasteiger partial charge in [0.25, 0.3) is 0 Å². The molecule has 6 bridgehead atoms. The maximum Gasteiger partial charge on any atom is 0.302 e. The van der Waals surface area contributed by atoms with E-state index in [0.717, 1.165) is 35.5 Å². The molecule has 5 fully saturated rings. The highest BCUT2D eigenvalue weighted by molar-refractivity contribution is 5.66. The fourth-order valence-corrected chi connectivity index (χ4v) is 4.63. The minimum atomic E-state index is -0.0717. The highest BCUT2D eigenvalue weighted by Gasteiger charge is 2.84. The second-order valence-corrected chi connectivity index (χ2v) is 4.95. The van der Waals surface area contributed by atoms with Crippen LogP contribution in [0, 0.1) is 35.5 Å². The molecule has 0 saturated heterocycles. The van der Waals surface area contributed by atoms with Gasteiger partial charge in [-0.15, -0.1) is 0 Å². The Balaban J connectivity index is 1.66. The summed E-state index contributed by atoms with van der Waals surface area (Å²) in [6.45, 7) is 1.54. The molecule has 0 aliphatic heterocycles. The molecule has 0 spiro atoms. The van der Waals surface area contributed by atoms with E-state index in [2.05, 4.69) is 0 Å². The number of hydrogen-bond acceptors (Lipinski definition) is 2. The third-order valence-corrected chi connectivity index (χ3v) is 4.78. The van der Waals surface area contributed by atoms with E-state index in [-0.39, 0.29) is 5.97 Å². The van der Waals surface area contributed by atoms with Crippen LogP contribution in [0.15, 0.2) is 0 Å². The molecule has 5 atom stereocenters. The summed E-state index contributed by atoms with van der Waals surface area (Å²) in [4.78, 5) is 10.8. The summed E-state index contributed by atoms with van der Waals surface area (Å²) in [7, 11) is 0. The Morgan fingerprint density at radius 3 is 2.25 bits per heavy atom. The van der Waals surface area contributed by atoms with E-state index in [0.29, 0.717) is 6.10 Å². The van der Waals surface area contributed by atoms with Crippen LogP contribution in [0.1, 0.15) is 13.3 Å². The molecule has 0 radical (unpaired) electrons. The third-order valence-electron chi connectivity index (χ3n) is 4.78. The summed E-state index contributed by atoms with van der Waals surface area (Å²) in [6, 6.07) is 0. The monoisotopic (exact) mass is 164 g/mol. The molecule has 5 rings (SSSR count). The van der Waals surface area contributed by atoms with Gasteiger partial charge in [-0.2, -0.15) is 0 Å². The van der Waals surface area contributed by atoms with Crippen LogP contribution in [0.4, 0.5) is 0 Å². The van der Waals surface area contributed by atoms with Crippen molar-refractivity contribution in [3.8, 4) is 0 Å². The normalized spacial score (nSPS) is 67.6. The van der Waals surface area contributed by atoms with Crippen molar-refractivity contribution in [1.29, 1.82) is 0 Å². The summed E-state index contributed by atoms with van der Waals surface area (Å²) in [5.41, 5.74) is 0. The lowest BCUT2D eigenvalue weighted by Crippen LogP contribution is -2.33. The molecular weight excluding hydrogens is 152 g/mol. The van der Waals surface area contributed by atoms with Crippen molar-refractivity contribution in [3.05, 3.63) is 0 Å². The average Bonchev–Trinajstić information content (AvgIpc) is 2.28. The van der Waals surface area contributed by atoms with E-state index >= 15 is 0 Å². The van der Waals surface area contributed by atoms with Gasteiger partial charge in [0.2, 0.25) is 0 Å². The first-order valence-corrected chi connectivity index (χ1v) is 4.96. The average molecular weight is 164 g/mol. The molecule has 2 heteroatoms. The Bertz CT molecular complexity index is 266. The van der Waals surface area contributed by atoms with Crippen LogP contribution in [-0.2, 0) is 9.53 Å². The molecule has 64 valence electrons. The van der Waals surface area contributed by atoms with Crippen LogP contribution in [0.2, 0.25) is 0 Å². The SMILES string of the molecule is CC(=O)OC1C2C3CC2C2C3C12. The van der Waals surface area contributed by atoms with Gasteiger partial charge in [0.1, 0.15) is 6.10 Å². The molecule has 0 heterocycles. The fourth-order valence-electron chi connectivity index (χ4n) is 4.63. The second kappa shape index (κ2) is 1.45. The first kappa shape index (κ1) is 6.01. The minimum absolute atomic E-state index is 0.0717. The predicted octanol–water partition coefficient (Wildman–Crippen LogP) is 1.06. The van der Waals surface area contributed by atoms with Gasteiger partial charge in [-0.25, -0.2) is 0 Å². The standard InChI is InChI=1S/C10H12O2/c1-3(11)12-10-6-4-2-5(6)8-7(4)9(8)10/h4-10H,2H2,1H3. The van der Waals surface area contributed by atoms with E-state index in [9.17, 15) is 4.79 Å². The lowest BCUT2D eigenvalue weighted by Gasteiger charge is -2.34. The molecule has 0 amide bonds. The van der Waals surface area contributed by atoms with Crippen molar-refractivity contribution in [2.24, 2.45) is 35.5 Å². The van der Waals surface area contributed by atoms with Crippen molar-refractivity contribution < 1.29 is 9.53 Å². The smallest absolute Gasteiger partial charge is 0.302 e. The summed E-state index contributed by atoms with van der Waals surface area (Å²) in [5.74, 6) is 5.45. The topological polar surface area (TPSA) is 26.3 Å². The summed E-state index contributed by atoms with van der Waals surface area (Å²) < 4.78 is 5.38. The molecule has 5 unspecified atom stereocenters. The number of carbonyl (C=O) groups is 1. The van der Waals surface area contributed by atoms with Crippen LogP contribution in [0.25, 0.3) is 0 Å². The Morgan fingerprint density at radius 2 is 1.83 bits per heavy atom. The highest BCUT2D eigenvalue weighted by atomic mass is 16.5. The molecule has 5 aliphatic rings. The largest absolute Gasteiger partial charge is 0.462 e. The number of hydrogen-bond donors (Lipinski definition) is 0. The lowest BCUT2D eigenvalue weighted by molar-refractivity contribution is -0.150. The molecule has 12 heavy (non-hydrogen) atoms. The first-order chi connectivity index (χ1) is 5.79. The van der Waals surface area contributed by atoms with Crippen LogP contribution in [-0.4, -0.2) is 12.1 Å². The molecule has 0 aromatic carbocycles. The van der Waals surface area contributed by atoms with Gasteiger partial charge in [-0.05, 0) is 30.1 Å². The van der Waals surface area contributed by atoms with Crippen molar-refractivity contribution in [1.82, 2.24) is 0 Å². The summed E-state index contributed by atoms with van der Waals surface area (Å²) in [6.07, 6.45) is 1.80. The Kier molecular flexibility index (Phi) is 0.724. The quantitative estimate of drug-likeness (QED) is 0.542. The molecule has 5 saturated carbocycles. The van der Waals surface area contributed by atoms with Gasteiger partial charge >= 0.3 is 5.97 Å². The Labute approximate surface area is 71.3 Å². The van der Waals surface area contributed by atoms with Gasteiger partial charge < -0.3 is 4.74 Å². The van der Waals surface area contributed by atoms with Gasteiger partial charge in [0, 0.05) is 18.8 Å². The third kappa shape index (κ3) is 0.395. The van der Waals surface area contributed by atoms with Crippen molar-refractivity contribution in [3.63, 3.8) is 0 Å². The number of ether oxygens (including phenoxy) is 1. The zero-order valence-corrected chi connectivity index (χ0v) is 7.07. The van der Waals surface area contributed by atoms with Gasteiger partial charge in [0.05, 0.1) is 0 Å². The van der Waals surface area contributed by atoms with Crippen LogP contribution >= 0.6 is 0 Å². The molecule has 5 aliphatic carbocycles. The van der Waals surface area contributed by atoms with Crippen LogP contribution in [0.3, 0.4) is 0 Å². The van der Waals surface area contributed by atoms with E-state index < -0.39 is 0 Å². The van der Waals surface area contributed by atoms with E-state index in [4.69, 9.17) is 4.74 Å². The molecule has 0 aromatic rings. The van der Waals surface area contributed by atoms with Crippen molar-refractivity contribution in [2.45, 2.75) is 19.4 Å².